The maximum absolute atomic E-state index is 12.8. The van der Waals surface area contributed by atoms with Crippen LogP contribution in [0.2, 0.25) is 0 Å². The Labute approximate surface area is 133 Å². The number of carboxylic acid groups (broad SMARTS) is 1. The van der Waals surface area contributed by atoms with Crippen LogP contribution in [0.3, 0.4) is 0 Å². The molecule has 0 spiro atoms. The van der Waals surface area contributed by atoms with Crippen molar-refractivity contribution in [1.82, 2.24) is 4.31 Å². The van der Waals surface area contributed by atoms with Crippen LogP contribution < -0.4 is 0 Å². The number of carboxylic acids is 1. The molecular formula is C14H18BrNO4S. The first-order valence-electron chi connectivity index (χ1n) is 6.76. The van der Waals surface area contributed by atoms with Crippen LogP contribution in [0.5, 0.6) is 0 Å². The summed E-state index contributed by atoms with van der Waals surface area (Å²) in [5.74, 6) is -1.29. The smallest absolute Gasteiger partial charge is 0.322 e. The fourth-order valence-electron chi connectivity index (χ4n) is 2.73. The summed E-state index contributed by atoms with van der Waals surface area (Å²) in [6.07, 6.45) is 1.39. The SMILES string of the molecule is Cc1ccc(S(=O)(=O)N2CCCC(C)C2C(=O)O)c(Br)c1. The van der Waals surface area contributed by atoms with Crippen LogP contribution in [0.25, 0.3) is 0 Å². The van der Waals surface area contributed by atoms with Crippen molar-refractivity contribution in [2.24, 2.45) is 5.92 Å². The molecule has 7 heteroatoms. The first-order valence-corrected chi connectivity index (χ1v) is 8.99. The number of sulfonamides is 1. The van der Waals surface area contributed by atoms with Crippen LogP contribution in [0.15, 0.2) is 27.6 Å². The van der Waals surface area contributed by atoms with Crippen molar-refractivity contribution < 1.29 is 18.3 Å². The van der Waals surface area contributed by atoms with Crippen molar-refractivity contribution in [1.29, 1.82) is 0 Å². The van der Waals surface area contributed by atoms with Gasteiger partial charge < -0.3 is 5.11 Å². The lowest BCUT2D eigenvalue weighted by molar-refractivity contribution is -0.144. The lowest BCUT2D eigenvalue weighted by Gasteiger charge is -2.36. The van der Waals surface area contributed by atoms with Gasteiger partial charge in [0.1, 0.15) is 6.04 Å². The number of aliphatic carboxylic acids is 1. The van der Waals surface area contributed by atoms with Gasteiger partial charge in [-0.2, -0.15) is 4.31 Å². The van der Waals surface area contributed by atoms with E-state index in [4.69, 9.17) is 0 Å². The number of carbonyl (C=O) groups is 1. The van der Waals surface area contributed by atoms with Crippen LogP contribution in [0.1, 0.15) is 25.3 Å². The molecule has 2 unspecified atom stereocenters. The number of piperidine rings is 1. The number of nitrogens with zero attached hydrogens (tertiary/aromatic N) is 1. The van der Waals surface area contributed by atoms with E-state index in [1.165, 1.54) is 6.07 Å². The molecule has 21 heavy (non-hydrogen) atoms. The summed E-state index contributed by atoms with van der Waals surface area (Å²) >= 11 is 3.27. The Morgan fingerprint density at radius 2 is 2.10 bits per heavy atom. The molecule has 2 atom stereocenters. The molecule has 1 saturated heterocycles. The molecule has 0 saturated carbocycles. The molecule has 0 aliphatic carbocycles. The lowest BCUT2D eigenvalue weighted by Crippen LogP contribution is -2.51. The van der Waals surface area contributed by atoms with Gasteiger partial charge in [0.05, 0.1) is 4.90 Å². The Balaban J connectivity index is 2.48. The molecule has 0 radical (unpaired) electrons. The van der Waals surface area contributed by atoms with Crippen molar-refractivity contribution in [3.05, 3.63) is 28.2 Å². The van der Waals surface area contributed by atoms with E-state index in [-0.39, 0.29) is 17.4 Å². The minimum Gasteiger partial charge on any atom is -0.480 e. The topological polar surface area (TPSA) is 74.7 Å². The highest BCUT2D eigenvalue weighted by Crippen LogP contribution is 2.32. The highest BCUT2D eigenvalue weighted by atomic mass is 79.9. The fraction of sp³-hybridized carbons (Fsp3) is 0.500. The van der Waals surface area contributed by atoms with E-state index >= 15 is 0 Å². The summed E-state index contributed by atoms with van der Waals surface area (Å²) < 4.78 is 27.2. The number of benzene rings is 1. The number of hydrogen-bond donors (Lipinski definition) is 1. The van der Waals surface area contributed by atoms with Gasteiger partial charge in [0.15, 0.2) is 0 Å². The minimum absolute atomic E-state index is 0.119. The van der Waals surface area contributed by atoms with Crippen LogP contribution >= 0.6 is 15.9 Å². The minimum atomic E-state index is -3.83. The van der Waals surface area contributed by atoms with Crippen molar-refractivity contribution in [3.63, 3.8) is 0 Å². The van der Waals surface area contributed by atoms with Gasteiger partial charge in [-0.3, -0.25) is 4.79 Å². The summed E-state index contributed by atoms with van der Waals surface area (Å²) in [6, 6.07) is 3.95. The largest absolute Gasteiger partial charge is 0.480 e. The van der Waals surface area contributed by atoms with E-state index in [0.29, 0.717) is 10.9 Å². The molecule has 1 N–H and O–H groups in total. The molecule has 2 rings (SSSR count). The van der Waals surface area contributed by atoms with E-state index in [1.807, 2.05) is 6.92 Å². The van der Waals surface area contributed by atoms with E-state index in [2.05, 4.69) is 15.9 Å². The third kappa shape index (κ3) is 3.14. The number of rotatable bonds is 3. The maximum Gasteiger partial charge on any atom is 0.322 e. The molecule has 5 nitrogen and oxygen atoms in total. The van der Waals surface area contributed by atoms with E-state index in [0.717, 1.165) is 16.3 Å². The lowest BCUT2D eigenvalue weighted by atomic mass is 9.93. The van der Waals surface area contributed by atoms with E-state index in [1.54, 1.807) is 19.1 Å². The van der Waals surface area contributed by atoms with Crippen LogP contribution in [0.4, 0.5) is 0 Å². The van der Waals surface area contributed by atoms with Gasteiger partial charge in [-0.15, -0.1) is 0 Å². The summed E-state index contributed by atoms with van der Waals surface area (Å²) in [6.45, 7) is 3.89. The Hall–Kier alpha value is -0.920. The van der Waals surface area contributed by atoms with E-state index < -0.39 is 22.0 Å². The second kappa shape index (κ2) is 6.06. The molecule has 0 bridgehead atoms. The molecule has 1 heterocycles. The molecule has 1 aromatic carbocycles. The molecule has 0 amide bonds. The maximum atomic E-state index is 12.8. The summed E-state index contributed by atoms with van der Waals surface area (Å²) in [7, 11) is -3.83. The third-order valence-corrected chi connectivity index (χ3v) is 6.67. The Bertz CT molecular complexity index is 659. The molecule has 1 aromatic rings. The van der Waals surface area contributed by atoms with Gasteiger partial charge in [-0.1, -0.05) is 13.0 Å². The first kappa shape index (κ1) is 16.5. The van der Waals surface area contributed by atoms with Crippen LogP contribution in [0, 0.1) is 12.8 Å². The predicted octanol–water partition coefficient (Wildman–Crippen LogP) is 2.63. The van der Waals surface area contributed by atoms with Gasteiger partial charge in [0, 0.05) is 11.0 Å². The number of hydrogen-bond acceptors (Lipinski definition) is 3. The zero-order valence-electron chi connectivity index (χ0n) is 11.9. The molecule has 1 aliphatic heterocycles. The van der Waals surface area contributed by atoms with Crippen LogP contribution in [-0.4, -0.2) is 36.4 Å². The molecule has 0 aromatic heterocycles. The standard InChI is InChI=1S/C14H18BrNO4S/c1-9-5-6-12(11(15)8-9)21(19,20)16-7-3-4-10(2)13(16)14(17)18/h5-6,8,10,13H,3-4,7H2,1-2H3,(H,17,18). The highest BCUT2D eigenvalue weighted by Gasteiger charge is 2.42. The zero-order valence-corrected chi connectivity index (χ0v) is 14.3. The summed E-state index contributed by atoms with van der Waals surface area (Å²) in [5.41, 5.74) is 0.933. The second-order valence-electron chi connectivity index (χ2n) is 5.45. The quantitative estimate of drug-likeness (QED) is 0.880. The van der Waals surface area contributed by atoms with Gasteiger partial charge >= 0.3 is 5.97 Å². The Kier molecular flexibility index (Phi) is 4.75. The van der Waals surface area contributed by atoms with Gasteiger partial charge in [0.25, 0.3) is 0 Å². The number of aryl methyl sites for hydroxylation is 1. The van der Waals surface area contributed by atoms with Crippen molar-refractivity contribution in [3.8, 4) is 0 Å². The predicted molar refractivity (Wildman–Crippen MR) is 82.6 cm³/mol. The first-order chi connectivity index (χ1) is 9.75. The highest BCUT2D eigenvalue weighted by molar-refractivity contribution is 9.10. The zero-order chi connectivity index (χ0) is 15.8. The van der Waals surface area contributed by atoms with Crippen LogP contribution in [-0.2, 0) is 14.8 Å². The van der Waals surface area contributed by atoms with E-state index in [9.17, 15) is 18.3 Å². The summed E-state index contributed by atoms with van der Waals surface area (Å²) in [4.78, 5) is 11.6. The van der Waals surface area contributed by atoms with Crippen molar-refractivity contribution >= 4 is 31.9 Å². The normalized spacial score (nSPS) is 24.0. The number of halogens is 1. The molecular weight excluding hydrogens is 358 g/mol. The molecule has 116 valence electrons. The van der Waals surface area contributed by atoms with Gasteiger partial charge in [0.2, 0.25) is 10.0 Å². The fourth-order valence-corrected chi connectivity index (χ4v) is 5.60. The average molecular weight is 376 g/mol. The Morgan fingerprint density at radius 3 is 2.67 bits per heavy atom. The van der Waals surface area contributed by atoms with Gasteiger partial charge in [-0.25, -0.2) is 8.42 Å². The molecule has 1 fully saturated rings. The monoisotopic (exact) mass is 375 g/mol. The second-order valence-corrected chi connectivity index (χ2v) is 8.17. The van der Waals surface area contributed by atoms with Gasteiger partial charge in [-0.05, 0) is 59.3 Å². The van der Waals surface area contributed by atoms with Crippen molar-refractivity contribution in [2.45, 2.75) is 37.6 Å². The van der Waals surface area contributed by atoms with Crippen molar-refractivity contribution in [2.75, 3.05) is 6.54 Å². The molecule has 1 aliphatic rings. The Morgan fingerprint density at radius 1 is 1.43 bits per heavy atom. The third-order valence-electron chi connectivity index (χ3n) is 3.81. The average Bonchev–Trinajstić information content (AvgIpc) is 2.37. The summed E-state index contributed by atoms with van der Waals surface area (Å²) in [5, 5.41) is 9.38.